The maximum absolute atomic E-state index is 10.9. The van der Waals surface area contributed by atoms with Crippen molar-refractivity contribution >= 4 is 5.91 Å². The first-order valence-electron chi connectivity index (χ1n) is 5.60. The van der Waals surface area contributed by atoms with Gasteiger partial charge in [-0.05, 0) is 6.42 Å². The number of carbonyl (C=O) groups is 1. The van der Waals surface area contributed by atoms with E-state index in [4.69, 9.17) is 0 Å². The lowest BCUT2D eigenvalue weighted by molar-refractivity contribution is -0.122. The van der Waals surface area contributed by atoms with Gasteiger partial charge in [-0.3, -0.25) is 4.79 Å². The number of aliphatic hydroxyl groups excluding tert-OH is 2. The number of amides is 1. The fourth-order valence-electron chi connectivity index (χ4n) is 1.61. The van der Waals surface area contributed by atoms with Gasteiger partial charge in [0.25, 0.3) is 0 Å². The van der Waals surface area contributed by atoms with Gasteiger partial charge < -0.3 is 15.5 Å². The second kappa shape index (κ2) is 7.65. The van der Waals surface area contributed by atoms with Crippen LogP contribution in [0.25, 0.3) is 0 Å². The van der Waals surface area contributed by atoms with Crippen LogP contribution in [-0.4, -0.2) is 34.9 Å². The van der Waals surface area contributed by atoms with Crippen LogP contribution in [0, 0.1) is 0 Å². The molecule has 0 bridgehead atoms. The van der Waals surface area contributed by atoms with E-state index in [1.807, 2.05) is 0 Å². The molecular formula is C11H23NO3. The van der Waals surface area contributed by atoms with E-state index in [9.17, 15) is 15.0 Å². The fourth-order valence-corrected chi connectivity index (χ4v) is 1.61. The molecule has 0 saturated carbocycles. The summed E-state index contributed by atoms with van der Waals surface area (Å²) >= 11 is 0. The summed E-state index contributed by atoms with van der Waals surface area (Å²) in [5.41, 5.74) is -0.834. The molecule has 0 spiro atoms. The highest BCUT2D eigenvalue weighted by molar-refractivity contribution is 5.73. The number of unbranched alkanes of at least 4 members (excludes halogenated alkanes) is 3. The molecule has 0 aliphatic rings. The second-order valence-corrected chi connectivity index (χ2v) is 4.09. The topological polar surface area (TPSA) is 69.6 Å². The van der Waals surface area contributed by atoms with Crippen molar-refractivity contribution in [1.82, 2.24) is 5.32 Å². The Kier molecular flexibility index (Phi) is 7.34. The first kappa shape index (κ1) is 14.4. The molecule has 0 aromatic heterocycles. The molecular weight excluding hydrogens is 194 g/mol. The van der Waals surface area contributed by atoms with E-state index < -0.39 is 5.54 Å². The number of nitrogens with one attached hydrogen (secondary N) is 1. The molecule has 0 unspecified atom stereocenters. The van der Waals surface area contributed by atoms with Gasteiger partial charge in [0.2, 0.25) is 5.91 Å². The maximum Gasteiger partial charge on any atom is 0.217 e. The summed E-state index contributed by atoms with van der Waals surface area (Å²) in [7, 11) is 0. The monoisotopic (exact) mass is 217 g/mol. The number of hydrogen-bond donors (Lipinski definition) is 3. The number of aliphatic hydroxyl groups is 2. The summed E-state index contributed by atoms with van der Waals surface area (Å²) in [5.74, 6) is -0.214. The molecule has 4 nitrogen and oxygen atoms in total. The average Bonchev–Trinajstić information content (AvgIpc) is 2.22. The predicted octanol–water partition coefficient (Wildman–Crippen LogP) is 0.816. The Morgan fingerprint density at radius 2 is 1.80 bits per heavy atom. The van der Waals surface area contributed by atoms with Crippen LogP contribution in [0.1, 0.15) is 46.0 Å². The molecule has 3 N–H and O–H groups in total. The molecule has 0 aliphatic carbocycles. The van der Waals surface area contributed by atoms with Crippen LogP contribution in [0.15, 0.2) is 0 Å². The van der Waals surface area contributed by atoms with E-state index in [-0.39, 0.29) is 19.1 Å². The molecule has 0 aromatic carbocycles. The fraction of sp³-hybridized carbons (Fsp3) is 0.909. The zero-order valence-electron chi connectivity index (χ0n) is 9.75. The third kappa shape index (κ3) is 5.74. The zero-order valence-corrected chi connectivity index (χ0v) is 9.75. The van der Waals surface area contributed by atoms with Crippen LogP contribution in [0.2, 0.25) is 0 Å². The molecule has 4 heteroatoms. The van der Waals surface area contributed by atoms with E-state index in [0.717, 1.165) is 25.7 Å². The Bertz CT molecular complexity index is 179. The number of hydrogen-bond acceptors (Lipinski definition) is 3. The zero-order chi connectivity index (χ0) is 11.7. The minimum absolute atomic E-state index is 0.213. The average molecular weight is 217 g/mol. The van der Waals surface area contributed by atoms with Gasteiger partial charge in [0, 0.05) is 6.92 Å². The van der Waals surface area contributed by atoms with Crippen LogP contribution in [0.5, 0.6) is 0 Å². The van der Waals surface area contributed by atoms with Crippen LogP contribution in [-0.2, 0) is 4.79 Å². The summed E-state index contributed by atoms with van der Waals surface area (Å²) in [6.07, 6.45) is 4.89. The van der Waals surface area contributed by atoms with Crippen molar-refractivity contribution in [2.75, 3.05) is 13.2 Å². The smallest absolute Gasteiger partial charge is 0.217 e. The highest BCUT2D eigenvalue weighted by atomic mass is 16.3. The van der Waals surface area contributed by atoms with E-state index >= 15 is 0 Å². The molecule has 0 radical (unpaired) electrons. The van der Waals surface area contributed by atoms with E-state index in [1.165, 1.54) is 6.92 Å². The van der Waals surface area contributed by atoms with Crippen LogP contribution < -0.4 is 5.32 Å². The van der Waals surface area contributed by atoms with Gasteiger partial charge in [-0.1, -0.05) is 32.6 Å². The quantitative estimate of drug-likeness (QED) is 0.527. The maximum atomic E-state index is 10.9. The van der Waals surface area contributed by atoms with Crippen molar-refractivity contribution < 1.29 is 15.0 Å². The first-order valence-corrected chi connectivity index (χ1v) is 5.60. The number of carbonyl (C=O) groups excluding carboxylic acids is 1. The molecule has 90 valence electrons. The summed E-state index contributed by atoms with van der Waals surface area (Å²) in [6.45, 7) is 3.09. The lowest BCUT2D eigenvalue weighted by atomic mass is 9.93. The minimum atomic E-state index is -0.834. The Morgan fingerprint density at radius 3 is 2.20 bits per heavy atom. The van der Waals surface area contributed by atoms with Crippen molar-refractivity contribution in [1.29, 1.82) is 0 Å². The second-order valence-electron chi connectivity index (χ2n) is 4.09. The van der Waals surface area contributed by atoms with Gasteiger partial charge in [0.05, 0.1) is 18.8 Å². The lowest BCUT2D eigenvalue weighted by Gasteiger charge is -2.30. The predicted molar refractivity (Wildman–Crippen MR) is 59.5 cm³/mol. The lowest BCUT2D eigenvalue weighted by Crippen LogP contribution is -2.53. The normalized spacial score (nSPS) is 11.5. The Hall–Kier alpha value is -0.610. The van der Waals surface area contributed by atoms with Crippen molar-refractivity contribution in [2.45, 2.75) is 51.5 Å². The van der Waals surface area contributed by atoms with Crippen molar-refractivity contribution in [3.8, 4) is 0 Å². The third-order valence-corrected chi connectivity index (χ3v) is 2.56. The van der Waals surface area contributed by atoms with Crippen LogP contribution >= 0.6 is 0 Å². The van der Waals surface area contributed by atoms with Gasteiger partial charge in [0.15, 0.2) is 0 Å². The highest BCUT2D eigenvalue weighted by Crippen LogP contribution is 2.15. The summed E-state index contributed by atoms with van der Waals surface area (Å²) in [4.78, 5) is 10.9. The van der Waals surface area contributed by atoms with E-state index in [2.05, 4.69) is 12.2 Å². The van der Waals surface area contributed by atoms with Gasteiger partial charge in [0.1, 0.15) is 0 Å². The molecule has 0 fully saturated rings. The summed E-state index contributed by atoms with van der Waals surface area (Å²) in [5, 5.41) is 21.0. The largest absolute Gasteiger partial charge is 0.394 e. The molecule has 0 saturated heterocycles. The standard InChI is InChI=1S/C11H23NO3/c1-3-4-5-6-7-11(8-13,9-14)12-10(2)15/h13-14H,3-9H2,1-2H3,(H,12,15). The van der Waals surface area contributed by atoms with Crippen LogP contribution in [0.4, 0.5) is 0 Å². The molecule has 15 heavy (non-hydrogen) atoms. The molecule has 0 aliphatic heterocycles. The van der Waals surface area contributed by atoms with E-state index in [0.29, 0.717) is 6.42 Å². The molecule has 0 aromatic rings. The summed E-state index contributed by atoms with van der Waals surface area (Å²) < 4.78 is 0. The summed E-state index contributed by atoms with van der Waals surface area (Å²) in [6, 6.07) is 0. The molecule has 0 atom stereocenters. The Morgan fingerprint density at radius 1 is 1.20 bits per heavy atom. The molecule has 0 rings (SSSR count). The Balaban J connectivity index is 4.05. The Labute approximate surface area is 91.7 Å². The third-order valence-electron chi connectivity index (χ3n) is 2.56. The van der Waals surface area contributed by atoms with Gasteiger partial charge in [-0.15, -0.1) is 0 Å². The van der Waals surface area contributed by atoms with Crippen LogP contribution in [0.3, 0.4) is 0 Å². The minimum Gasteiger partial charge on any atom is -0.394 e. The SMILES string of the molecule is CCCCCCC(CO)(CO)NC(C)=O. The van der Waals surface area contributed by atoms with Crippen molar-refractivity contribution in [2.24, 2.45) is 0 Å². The van der Waals surface area contributed by atoms with Crippen molar-refractivity contribution in [3.63, 3.8) is 0 Å². The van der Waals surface area contributed by atoms with E-state index in [1.54, 1.807) is 0 Å². The number of rotatable bonds is 8. The van der Waals surface area contributed by atoms with Crippen molar-refractivity contribution in [3.05, 3.63) is 0 Å². The first-order chi connectivity index (χ1) is 7.10. The molecule has 1 amide bonds. The highest BCUT2D eigenvalue weighted by Gasteiger charge is 2.28. The molecule has 0 heterocycles. The van der Waals surface area contributed by atoms with Gasteiger partial charge in [-0.2, -0.15) is 0 Å². The van der Waals surface area contributed by atoms with Gasteiger partial charge in [-0.25, -0.2) is 0 Å². The van der Waals surface area contributed by atoms with Gasteiger partial charge >= 0.3 is 0 Å².